The van der Waals surface area contributed by atoms with E-state index in [-0.39, 0.29) is 11.3 Å². The number of carbonyl (C=O) groups excluding carboxylic acids is 1. The van der Waals surface area contributed by atoms with Crippen molar-refractivity contribution in [3.8, 4) is 0 Å². The summed E-state index contributed by atoms with van der Waals surface area (Å²) in [5.41, 5.74) is 1.57. The van der Waals surface area contributed by atoms with Crippen molar-refractivity contribution in [1.82, 2.24) is 9.88 Å². The maximum Gasteiger partial charge on any atom is 0.274 e. The molecule has 1 saturated heterocycles. The second-order valence-electron chi connectivity index (χ2n) is 5.66. The summed E-state index contributed by atoms with van der Waals surface area (Å²) in [7, 11) is 0. The number of pyridine rings is 1. The highest BCUT2D eigenvalue weighted by Crippen LogP contribution is 2.39. The van der Waals surface area contributed by atoms with Crippen LogP contribution in [-0.4, -0.2) is 28.1 Å². The fourth-order valence-corrected chi connectivity index (χ4v) is 4.48. The maximum atomic E-state index is 13.1. The summed E-state index contributed by atoms with van der Waals surface area (Å²) < 4.78 is 0. The topological polar surface area (TPSA) is 33.2 Å². The lowest BCUT2D eigenvalue weighted by molar-refractivity contribution is 0.0756. The molecule has 120 valence electrons. The van der Waals surface area contributed by atoms with Gasteiger partial charge in [0.1, 0.15) is 11.1 Å². The molecule has 1 amide bonds. The zero-order valence-corrected chi connectivity index (χ0v) is 14.4. The van der Waals surface area contributed by atoms with E-state index in [9.17, 15) is 4.79 Å². The van der Waals surface area contributed by atoms with Gasteiger partial charge in [0, 0.05) is 28.9 Å². The number of thioether (sulfide) groups is 1. The summed E-state index contributed by atoms with van der Waals surface area (Å²) >= 11 is 7.88. The van der Waals surface area contributed by atoms with Gasteiger partial charge in [-0.1, -0.05) is 48.0 Å². The Hall–Kier alpha value is -2.04. The molecule has 0 aliphatic carbocycles. The number of nitrogens with zero attached hydrogens (tertiary/aromatic N) is 2. The number of hydrogen-bond acceptors (Lipinski definition) is 3. The van der Waals surface area contributed by atoms with Gasteiger partial charge < -0.3 is 4.90 Å². The van der Waals surface area contributed by atoms with Crippen molar-refractivity contribution in [2.24, 2.45) is 0 Å². The molecule has 4 rings (SSSR count). The molecule has 0 N–H and O–H groups in total. The molecule has 0 spiro atoms. The molecule has 2 heterocycles. The van der Waals surface area contributed by atoms with Gasteiger partial charge in [-0.05, 0) is 29.1 Å². The summed E-state index contributed by atoms with van der Waals surface area (Å²) in [5.74, 6) is 0.884. The average molecular weight is 355 g/mol. The Kier molecular flexibility index (Phi) is 4.17. The number of rotatable bonds is 2. The van der Waals surface area contributed by atoms with Gasteiger partial charge in [0.2, 0.25) is 0 Å². The molecule has 0 radical (unpaired) electrons. The Balaban J connectivity index is 1.73. The smallest absolute Gasteiger partial charge is 0.274 e. The monoisotopic (exact) mass is 354 g/mol. The van der Waals surface area contributed by atoms with Gasteiger partial charge in [0.05, 0.1) is 0 Å². The molecule has 1 aromatic heterocycles. The molecule has 24 heavy (non-hydrogen) atoms. The van der Waals surface area contributed by atoms with E-state index in [2.05, 4.69) is 4.98 Å². The van der Waals surface area contributed by atoms with E-state index in [1.54, 1.807) is 18.0 Å². The lowest BCUT2D eigenvalue weighted by Gasteiger charge is -2.24. The first-order valence-electron chi connectivity index (χ1n) is 7.76. The van der Waals surface area contributed by atoms with Gasteiger partial charge in [0.15, 0.2) is 0 Å². The van der Waals surface area contributed by atoms with Crippen molar-refractivity contribution in [3.05, 3.63) is 77.1 Å². The number of carbonyl (C=O) groups is 1. The summed E-state index contributed by atoms with van der Waals surface area (Å²) in [6, 6.07) is 17.5. The third-order valence-electron chi connectivity index (χ3n) is 4.16. The number of halogens is 1. The first-order valence-corrected chi connectivity index (χ1v) is 9.18. The SMILES string of the molecule is O=C(c1nccc2ccccc12)N1CCSC1c1cccc(Cl)c1. The lowest BCUT2D eigenvalue weighted by Crippen LogP contribution is -2.31. The molecule has 0 saturated carbocycles. The molecule has 5 heteroatoms. The third-order valence-corrected chi connectivity index (χ3v) is 5.66. The van der Waals surface area contributed by atoms with E-state index in [0.29, 0.717) is 17.3 Å². The van der Waals surface area contributed by atoms with Gasteiger partial charge in [-0.2, -0.15) is 0 Å². The summed E-state index contributed by atoms with van der Waals surface area (Å²) in [6.07, 6.45) is 1.70. The molecule has 3 aromatic rings. The molecule has 1 atom stereocenters. The van der Waals surface area contributed by atoms with E-state index in [4.69, 9.17) is 11.6 Å². The fraction of sp³-hybridized carbons (Fsp3) is 0.158. The van der Waals surface area contributed by atoms with Crippen LogP contribution in [0.2, 0.25) is 5.02 Å². The second kappa shape index (κ2) is 6.46. The molecule has 1 unspecified atom stereocenters. The molecule has 2 aromatic carbocycles. The minimum atomic E-state index is -0.0261. The van der Waals surface area contributed by atoms with Crippen LogP contribution >= 0.6 is 23.4 Å². The molecule has 3 nitrogen and oxygen atoms in total. The third kappa shape index (κ3) is 2.76. The molecular weight excluding hydrogens is 340 g/mol. The van der Waals surface area contributed by atoms with Gasteiger partial charge >= 0.3 is 0 Å². The van der Waals surface area contributed by atoms with Crippen LogP contribution in [-0.2, 0) is 0 Å². The Morgan fingerprint density at radius 2 is 2.04 bits per heavy atom. The predicted octanol–water partition coefficient (Wildman–Crippen LogP) is 4.78. The second-order valence-corrected chi connectivity index (χ2v) is 7.28. The Morgan fingerprint density at radius 1 is 1.17 bits per heavy atom. The highest BCUT2D eigenvalue weighted by atomic mass is 35.5. The molecular formula is C19H15ClN2OS. The van der Waals surface area contributed by atoms with Crippen molar-refractivity contribution >= 4 is 40.0 Å². The van der Waals surface area contributed by atoms with Crippen molar-refractivity contribution < 1.29 is 4.79 Å². The van der Waals surface area contributed by atoms with Crippen molar-refractivity contribution in [2.75, 3.05) is 12.3 Å². The van der Waals surface area contributed by atoms with Crippen LogP contribution in [0.3, 0.4) is 0 Å². The van der Waals surface area contributed by atoms with E-state index < -0.39 is 0 Å². The fourth-order valence-electron chi connectivity index (χ4n) is 3.04. The van der Waals surface area contributed by atoms with Crippen LogP contribution in [0, 0.1) is 0 Å². The van der Waals surface area contributed by atoms with Crippen LogP contribution in [0.15, 0.2) is 60.8 Å². The van der Waals surface area contributed by atoms with E-state index in [0.717, 1.165) is 22.1 Å². The largest absolute Gasteiger partial charge is 0.320 e. The summed E-state index contributed by atoms with van der Waals surface area (Å²) in [6.45, 7) is 0.714. The van der Waals surface area contributed by atoms with Crippen molar-refractivity contribution in [3.63, 3.8) is 0 Å². The first-order chi connectivity index (χ1) is 11.7. The lowest BCUT2D eigenvalue weighted by atomic mass is 10.1. The van der Waals surface area contributed by atoms with Gasteiger partial charge in [-0.3, -0.25) is 9.78 Å². The quantitative estimate of drug-likeness (QED) is 0.664. The Labute approximate surface area is 149 Å². The van der Waals surface area contributed by atoms with Crippen LogP contribution in [0.25, 0.3) is 10.8 Å². The Morgan fingerprint density at radius 3 is 2.92 bits per heavy atom. The van der Waals surface area contributed by atoms with E-state index in [1.807, 2.05) is 59.5 Å². The Bertz CT molecular complexity index is 909. The molecule has 0 bridgehead atoms. The average Bonchev–Trinajstić information content (AvgIpc) is 3.10. The van der Waals surface area contributed by atoms with Gasteiger partial charge in [-0.15, -0.1) is 11.8 Å². The maximum absolute atomic E-state index is 13.1. The number of benzene rings is 2. The van der Waals surface area contributed by atoms with Crippen LogP contribution in [0.1, 0.15) is 21.4 Å². The summed E-state index contributed by atoms with van der Waals surface area (Å²) in [5, 5.41) is 2.60. The number of aromatic nitrogens is 1. The zero-order chi connectivity index (χ0) is 16.5. The zero-order valence-electron chi connectivity index (χ0n) is 12.9. The number of fused-ring (bicyclic) bond motifs is 1. The van der Waals surface area contributed by atoms with Crippen LogP contribution in [0.5, 0.6) is 0 Å². The van der Waals surface area contributed by atoms with Crippen molar-refractivity contribution in [1.29, 1.82) is 0 Å². The normalized spacial score (nSPS) is 17.4. The molecule has 1 aliphatic heterocycles. The van der Waals surface area contributed by atoms with Gasteiger partial charge in [0.25, 0.3) is 5.91 Å². The van der Waals surface area contributed by atoms with Crippen LogP contribution in [0.4, 0.5) is 0 Å². The molecule has 1 fully saturated rings. The standard InChI is InChI=1S/C19H15ClN2OS/c20-15-6-3-5-14(12-15)19-22(10-11-24-19)18(23)17-16-7-2-1-4-13(16)8-9-21-17/h1-9,12,19H,10-11H2. The predicted molar refractivity (Wildman–Crippen MR) is 99.4 cm³/mol. The van der Waals surface area contributed by atoms with Crippen LogP contribution < -0.4 is 0 Å². The highest BCUT2D eigenvalue weighted by molar-refractivity contribution is 7.99. The van der Waals surface area contributed by atoms with Crippen molar-refractivity contribution in [2.45, 2.75) is 5.37 Å². The highest BCUT2D eigenvalue weighted by Gasteiger charge is 2.32. The molecule has 1 aliphatic rings. The summed E-state index contributed by atoms with van der Waals surface area (Å²) in [4.78, 5) is 19.4. The minimum Gasteiger partial charge on any atom is -0.320 e. The first kappa shape index (κ1) is 15.5. The number of amides is 1. The number of hydrogen-bond donors (Lipinski definition) is 0. The minimum absolute atomic E-state index is 0.0167. The van der Waals surface area contributed by atoms with E-state index >= 15 is 0 Å². The van der Waals surface area contributed by atoms with Gasteiger partial charge in [-0.25, -0.2) is 0 Å². The van der Waals surface area contributed by atoms with E-state index in [1.165, 1.54) is 0 Å².